The highest BCUT2D eigenvalue weighted by Crippen LogP contribution is 2.27. The molecular formula is C28H35NO3. The number of Topliss-reactive ketones (excluding diaryl/α,β-unsaturated/α-hetero) is 1. The number of likely N-dealkylation sites (N-methyl/N-ethyl adjacent to an activating group) is 1. The Kier molecular flexibility index (Phi) is 9.12. The third kappa shape index (κ3) is 6.57. The number of hydrogen-bond donors (Lipinski definition) is 0. The van der Waals surface area contributed by atoms with Crippen LogP contribution in [-0.2, 0) is 4.79 Å². The minimum absolute atomic E-state index is 0.0924. The Hall–Kier alpha value is -2.85. The lowest BCUT2D eigenvalue weighted by Crippen LogP contribution is -2.34. The number of rotatable bonds is 10. The van der Waals surface area contributed by atoms with Gasteiger partial charge in [0.15, 0.2) is 5.78 Å². The van der Waals surface area contributed by atoms with Crippen LogP contribution in [0.5, 0.6) is 11.5 Å². The van der Waals surface area contributed by atoms with Gasteiger partial charge < -0.3 is 9.47 Å². The minimum Gasteiger partial charge on any atom is -0.493 e. The van der Waals surface area contributed by atoms with Crippen molar-refractivity contribution >= 4 is 17.9 Å². The highest BCUT2D eigenvalue weighted by molar-refractivity contribution is 6.14. The first-order valence-corrected chi connectivity index (χ1v) is 11.7. The van der Waals surface area contributed by atoms with E-state index in [1.807, 2.05) is 67.7 Å². The van der Waals surface area contributed by atoms with Gasteiger partial charge in [0.2, 0.25) is 0 Å². The fourth-order valence-electron chi connectivity index (χ4n) is 3.70. The van der Waals surface area contributed by atoms with E-state index >= 15 is 0 Å². The van der Waals surface area contributed by atoms with Gasteiger partial charge in [0.25, 0.3) is 0 Å². The number of ketones is 1. The summed E-state index contributed by atoms with van der Waals surface area (Å²) in [4.78, 5) is 15.5. The summed E-state index contributed by atoms with van der Waals surface area (Å²) in [6.07, 6.45) is 8.17. The Labute approximate surface area is 192 Å². The van der Waals surface area contributed by atoms with Crippen molar-refractivity contribution in [3.8, 4) is 11.5 Å². The Bertz CT molecular complexity index is 885. The van der Waals surface area contributed by atoms with Crippen LogP contribution in [0.15, 0.2) is 59.7 Å². The number of unbranched alkanes of at least 4 members (excludes halogenated alkanes) is 2. The van der Waals surface area contributed by atoms with E-state index in [0.29, 0.717) is 26.3 Å². The van der Waals surface area contributed by atoms with Gasteiger partial charge in [0, 0.05) is 35.4 Å². The van der Waals surface area contributed by atoms with E-state index in [1.54, 1.807) is 0 Å². The summed E-state index contributed by atoms with van der Waals surface area (Å²) in [7, 11) is 2.04. The molecule has 0 amide bonds. The van der Waals surface area contributed by atoms with Crippen molar-refractivity contribution in [2.45, 2.75) is 39.5 Å². The van der Waals surface area contributed by atoms with Crippen molar-refractivity contribution in [3.05, 3.63) is 70.8 Å². The van der Waals surface area contributed by atoms with Gasteiger partial charge in [-0.05, 0) is 44.2 Å². The van der Waals surface area contributed by atoms with Crippen LogP contribution in [0.25, 0.3) is 12.2 Å². The maximum absolute atomic E-state index is 13.4. The third-order valence-electron chi connectivity index (χ3n) is 5.47. The van der Waals surface area contributed by atoms with E-state index in [-0.39, 0.29) is 5.78 Å². The van der Waals surface area contributed by atoms with Crippen LogP contribution in [0, 0.1) is 0 Å². The van der Waals surface area contributed by atoms with Gasteiger partial charge in [-0.1, -0.05) is 63.1 Å². The molecule has 4 nitrogen and oxygen atoms in total. The predicted molar refractivity (Wildman–Crippen MR) is 132 cm³/mol. The molecule has 0 bridgehead atoms. The van der Waals surface area contributed by atoms with Crippen LogP contribution in [0.3, 0.4) is 0 Å². The second-order valence-electron chi connectivity index (χ2n) is 8.32. The summed E-state index contributed by atoms with van der Waals surface area (Å²) in [6, 6.07) is 15.9. The highest BCUT2D eigenvalue weighted by Gasteiger charge is 2.24. The van der Waals surface area contributed by atoms with E-state index in [4.69, 9.17) is 9.47 Å². The third-order valence-corrected chi connectivity index (χ3v) is 5.47. The lowest BCUT2D eigenvalue weighted by Gasteiger charge is -2.26. The van der Waals surface area contributed by atoms with Crippen LogP contribution in [0.4, 0.5) is 0 Å². The summed E-state index contributed by atoms with van der Waals surface area (Å²) in [6.45, 7) is 6.90. The molecule has 2 aromatic rings. The molecule has 170 valence electrons. The number of benzene rings is 2. The van der Waals surface area contributed by atoms with Crippen LogP contribution < -0.4 is 9.47 Å². The van der Waals surface area contributed by atoms with Crippen LogP contribution in [0.2, 0.25) is 0 Å². The summed E-state index contributed by atoms with van der Waals surface area (Å²) in [5, 5.41) is 0. The number of ether oxygens (including phenoxy) is 2. The Morgan fingerprint density at radius 2 is 1.22 bits per heavy atom. The molecule has 2 aromatic carbocycles. The number of piperidine rings is 1. The Morgan fingerprint density at radius 3 is 1.66 bits per heavy atom. The summed E-state index contributed by atoms with van der Waals surface area (Å²) >= 11 is 0. The molecule has 0 atom stereocenters. The number of para-hydroxylation sites is 2. The molecule has 4 heteroatoms. The van der Waals surface area contributed by atoms with Gasteiger partial charge in [-0.25, -0.2) is 0 Å². The molecule has 1 fully saturated rings. The number of nitrogens with zero attached hydrogens (tertiary/aromatic N) is 1. The molecule has 0 unspecified atom stereocenters. The van der Waals surface area contributed by atoms with Crippen molar-refractivity contribution in [1.29, 1.82) is 0 Å². The summed E-state index contributed by atoms with van der Waals surface area (Å²) in [5.74, 6) is 1.75. The second kappa shape index (κ2) is 12.3. The number of likely N-dealkylation sites (tertiary alicyclic amines) is 1. The monoisotopic (exact) mass is 433 g/mol. The zero-order valence-electron chi connectivity index (χ0n) is 19.6. The van der Waals surface area contributed by atoms with E-state index in [9.17, 15) is 4.79 Å². The van der Waals surface area contributed by atoms with Crippen molar-refractivity contribution in [2.24, 2.45) is 0 Å². The summed E-state index contributed by atoms with van der Waals surface area (Å²) in [5.41, 5.74) is 3.46. The highest BCUT2D eigenvalue weighted by atomic mass is 16.5. The Balaban J connectivity index is 1.86. The van der Waals surface area contributed by atoms with Crippen LogP contribution >= 0.6 is 0 Å². The molecule has 1 heterocycles. The fraction of sp³-hybridized carbons (Fsp3) is 0.393. The molecule has 0 N–H and O–H groups in total. The topological polar surface area (TPSA) is 38.8 Å². The van der Waals surface area contributed by atoms with Crippen molar-refractivity contribution in [2.75, 3.05) is 33.4 Å². The largest absolute Gasteiger partial charge is 0.493 e. The first-order chi connectivity index (χ1) is 15.6. The van der Waals surface area contributed by atoms with Crippen LogP contribution in [0.1, 0.15) is 50.7 Å². The lowest BCUT2D eigenvalue weighted by molar-refractivity contribution is -0.113. The van der Waals surface area contributed by atoms with Crippen LogP contribution in [-0.4, -0.2) is 44.0 Å². The van der Waals surface area contributed by atoms with Gasteiger partial charge in [-0.2, -0.15) is 0 Å². The summed E-state index contributed by atoms with van der Waals surface area (Å²) < 4.78 is 11.9. The standard InChI is InChI=1S/C28H35NO3/c1-4-6-16-31-26-14-10-8-12-22(26)18-24-20-29(3)21-25(28(24)30)19-23-13-9-11-15-27(23)32-17-7-5-2/h8-15,18-19H,4-7,16-17,20-21H2,1-3H3/b24-18+,25-19+. The zero-order valence-corrected chi connectivity index (χ0v) is 19.6. The molecule has 3 rings (SSSR count). The first-order valence-electron chi connectivity index (χ1n) is 11.7. The van der Waals surface area contributed by atoms with Crippen molar-refractivity contribution in [1.82, 2.24) is 4.90 Å². The number of hydrogen-bond acceptors (Lipinski definition) is 4. The van der Waals surface area contributed by atoms with Crippen molar-refractivity contribution in [3.63, 3.8) is 0 Å². The molecule has 1 aliphatic rings. The molecule has 0 radical (unpaired) electrons. The molecular weight excluding hydrogens is 398 g/mol. The Morgan fingerprint density at radius 1 is 0.781 bits per heavy atom. The van der Waals surface area contributed by atoms with E-state index in [2.05, 4.69) is 18.7 Å². The maximum Gasteiger partial charge on any atom is 0.187 e. The molecule has 32 heavy (non-hydrogen) atoms. The van der Waals surface area contributed by atoms with Gasteiger partial charge >= 0.3 is 0 Å². The van der Waals surface area contributed by atoms with Gasteiger partial charge in [0.05, 0.1) is 13.2 Å². The molecule has 1 saturated heterocycles. The fourth-order valence-corrected chi connectivity index (χ4v) is 3.70. The molecule has 0 spiro atoms. The molecule has 1 aliphatic heterocycles. The van der Waals surface area contributed by atoms with Gasteiger partial charge in [-0.15, -0.1) is 0 Å². The van der Waals surface area contributed by atoms with Gasteiger partial charge in [0.1, 0.15) is 11.5 Å². The SMILES string of the molecule is CCCCOc1ccccc1/C=C1\CN(C)C/C(=C\c2ccccc2OCCCC)C1=O. The van der Waals surface area contributed by atoms with E-state index < -0.39 is 0 Å². The maximum atomic E-state index is 13.4. The molecule has 0 saturated carbocycles. The smallest absolute Gasteiger partial charge is 0.187 e. The lowest BCUT2D eigenvalue weighted by atomic mass is 9.94. The second-order valence-corrected chi connectivity index (χ2v) is 8.32. The molecule has 0 aliphatic carbocycles. The number of carbonyl (C=O) groups excluding carboxylic acids is 1. The van der Waals surface area contributed by atoms with Crippen molar-refractivity contribution < 1.29 is 14.3 Å². The van der Waals surface area contributed by atoms with Gasteiger partial charge in [-0.3, -0.25) is 9.69 Å². The predicted octanol–water partition coefficient (Wildman–Crippen LogP) is 6.03. The van der Waals surface area contributed by atoms with E-state index in [0.717, 1.165) is 59.5 Å². The minimum atomic E-state index is 0.0924. The quantitative estimate of drug-likeness (QED) is 0.339. The zero-order chi connectivity index (χ0) is 22.8. The molecule has 0 aromatic heterocycles. The number of carbonyl (C=O) groups is 1. The average Bonchev–Trinajstić information content (AvgIpc) is 2.79. The van der Waals surface area contributed by atoms with E-state index in [1.165, 1.54) is 0 Å². The first kappa shape index (κ1) is 23.8. The average molecular weight is 434 g/mol. The normalized spacial score (nSPS) is 17.2.